The Kier molecular flexibility index (Phi) is 5.98. The summed E-state index contributed by atoms with van der Waals surface area (Å²) in [5, 5.41) is 6.09. The molecule has 0 unspecified atom stereocenters. The molecular formula is C18H21NO4S. The highest BCUT2D eigenvalue weighted by Gasteiger charge is 2.31. The number of nitrogens with zero attached hydrogens (tertiary/aromatic N) is 1. The molecule has 0 amide bonds. The van der Waals surface area contributed by atoms with Crippen LogP contribution < -0.4 is 4.74 Å². The molecule has 0 saturated carbocycles. The van der Waals surface area contributed by atoms with Crippen LogP contribution in [0.2, 0.25) is 0 Å². The Bertz CT molecular complexity index is 690. The standard InChI is InChI=1S/C18H21NO4S/c1-5-22-17(20)18(2,3)23-14-10-8-13(9-11-14)16(19-21-4)15-7-6-12-24-15/h6-12H,5H2,1-4H3. The van der Waals surface area contributed by atoms with Gasteiger partial charge < -0.3 is 14.3 Å². The zero-order valence-corrected chi connectivity index (χ0v) is 15.1. The van der Waals surface area contributed by atoms with Gasteiger partial charge in [0.25, 0.3) is 0 Å². The Labute approximate surface area is 145 Å². The molecule has 0 aliphatic rings. The van der Waals surface area contributed by atoms with Gasteiger partial charge in [-0.15, -0.1) is 11.3 Å². The highest BCUT2D eigenvalue weighted by Crippen LogP contribution is 2.23. The Hall–Kier alpha value is -2.34. The summed E-state index contributed by atoms with van der Waals surface area (Å²) in [6.45, 7) is 5.46. The molecule has 5 nitrogen and oxygen atoms in total. The third-order valence-electron chi connectivity index (χ3n) is 3.20. The van der Waals surface area contributed by atoms with Crippen molar-refractivity contribution in [2.45, 2.75) is 26.4 Å². The van der Waals surface area contributed by atoms with Crippen molar-refractivity contribution in [3.8, 4) is 5.75 Å². The number of esters is 1. The number of hydrogen-bond acceptors (Lipinski definition) is 6. The first-order valence-corrected chi connectivity index (χ1v) is 8.47. The number of hydrogen-bond donors (Lipinski definition) is 0. The third-order valence-corrected chi connectivity index (χ3v) is 4.08. The van der Waals surface area contributed by atoms with Gasteiger partial charge in [0.1, 0.15) is 18.6 Å². The molecule has 1 heterocycles. The molecule has 0 N–H and O–H groups in total. The predicted octanol–water partition coefficient (Wildman–Crippen LogP) is 3.87. The lowest BCUT2D eigenvalue weighted by molar-refractivity contribution is -0.158. The second-order valence-electron chi connectivity index (χ2n) is 5.46. The molecule has 1 aromatic heterocycles. The number of ether oxygens (including phenoxy) is 2. The minimum atomic E-state index is -1.05. The average Bonchev–Trinajstić information content (AvgIpc) is 3.07. The van der Waals surface area contributed by atoms with E-state index in [4.69, 9.17) is 14.3 Å². The molecule has 0 radical (unpaired) electrons. The van der Waals surface area contributed by atoms with Gasteiger partial charge in [0.2, 0.25) is 0 Å². The van der Waals surface area contributed by atoms with E-state index >= 15 is 0 Å². The summed E-state index contributed by atoms with van der Waals surface area (Å²) in [6.07, 6.45) is 0. The molecule has 2 aromatic rings. The Balaban J connectivity index is 2.18. The van der Waals surface area contributed by atoms with E-state index in [1.54, 1.807) is 44.2 Å². The van der Waals surface area contributed by atoms with Crippen LogP contribution in [0, 0.1) is 0 Å². The highest BCUT2D eigenvalue weighted by atomic mass is 32.1. The first-order valence-electron chi connectivity index (χ1n) is 7.59. The van der Waals surface area contributed by atoms with Crippen molar-refractivity contribution in [1.29, 1.82) is 0 Å². The van der Waals surface area contributed by atoms with Crippen molar-refractivity contribution in [3.05, 3.63) is 52.2 Å². The fourth-order valence-corrected chi connectivity index (χ4v) is 2.79. The van der Waals surface area contributed by atoms with Crippen LogP contribution >= 0.6 is 11.3 Å². The number of rotatable bonds is 7. The predicted molar refractivity (Wildman–Crippen MR) is 94.7 cm³/mol. The lowest BCUT2D eigenvalue weighted by Gasteiger charge is -2.24. The minimum Gasteiger partial charge on any atom is -0.476 e. The van der Waals surface area contributed by atoms with E-state index in [-0.39, 0.29) is 0 Å². The fourth-order valence-electron chi connectivity index (χ4n) is 2.07. The molecule has 2 rings (SSSR count). The molecule has 0 atom stereocenters. The van der Waals surface area contributed by atoms with Gasteiger partial charge >= 0.3 is 5.97 Å². The summed E-state index contributed by atoms with van der Waals surface area (Å²) < 4.78 is 10.8. The summed E-state index contributed by atoms with van der Waals surface area (Å²) in [6, 6.07) is 11.3. The molecule has 0 aliphatic carbocycles. The molecule has 0 fully saturated rings. The largest absolute Gasteiger partial charge is 0.476 e. The van der Waals surface area contributed by atoms with Crippen molar-refractivity contribution in [3.63, 3.8) is 0 Å². The van der Waals surface area contributed by atoms with E-state index in [1.165, 1.54) is 7.11 Å². The maximum absolute atomic E-state index is 11.9. The normalized spacial score (nSPS) is 11.9. The van der Waals surface area contributed by atoms with Crippen molar-refractivity contribution in [1.82, 2.24) is 0 Å². The number of carbonyl (C=O) groups is 1. The second-order valence-corrected chi connectivity index (χ2v) is 6.40. The first kappa shape index (κ1) is 18.0. The summed E-state index contributed by atoms with van der Waals surface area (Å²) in [4.78, 5) is 17.9. The summed E-state index contributed by atoms with van der Waals surface area (Å²) in [5.74, 6) is 0.189. The summed E-state index contributed by atoms with van der Waals surface area (Å²) in [5.41, 5.74) is 0.610. The van der Waals surface area contributed by atoms with E-state index in [9.17, 15) is 4.79 Å². The topological polar surface area (TPSA) is 57.1 Å². The Morgan fingerprint density at radius 2 is 1.92 bits per heavy atom. The lowest BCUT2D eigenvalue weighted by Crippen LogP contribution is -2.39. The number of carbonyl (C=O) groups excluding carboxylic acids is 1. The van der Waals surface area contributed by atoms with E-state index in [0.717, 1.165) is 16.2 Å². The minimum absolute atomic E-state index is 0.322. The van der Waals surface area contributed by atoms with Crippen LogP contribution in [-0.2, 0) is 14.4 Å². The van der Waals surface area contributed by atoms with Gasteiger partial charge in [-0.05, 0) is 56.5 Å². The summed E-state index contributed by atoms with van der Waals surface area (Å²) >= 11 is 1.59. The molecular weight excluding hydrogens is 326 g/mol. The molecule has 0 bridgehead atoms. The molecule has 24 heavy (non-hydrogen) atoms. The zero-order valence-electron chi connectivity index (χ0n) is 14.2. The second kappa shape index (κ2) is 7.97. The Morgan fingerprint density at radius 3 is 2.46 bits per heavy atom. The summed E-state index contributed by atoms with van der Waals surface area (Å²) in [7, 11) is 1.52. The number of thiophene rings is 1. The van der Waals surface area contributed by atoms with Crippen LogP contribution in [0.1, 0.15) is 31.2 Å². The van der Waals surface area contributed by atoms with Gasteiger partial charge in [-0.1, -0.05) is 11.2 Å². The van der Waals surface area contributed by atoms with Gasteiger partial charge in [-0.3, -0.25) is 0 Å². The smallest absolute Gasteiger partial charge is 0.349 e. The molecule has 128 valence electrons. The maximum atomic E-state index is 11.9. The quantitative estimate of drug-likeness (QED) is 0.433. The van der Waals surface area contributed by atoms with Crippen LogP contribution in [0.4, 0.5) is 0 Å². The third kappa shape index (κ3) is 4.35. The molecule has 0 aliphatic heterocycles. The van der Waals surface area contributed by atoms with Crippen LogP contribution in [0.15, 0.2) is 46.9 Å². The zero-order chi connectivity index (χ0) is 17.6. The van der Waals surface area contributed by atoms with Crippen LogP contribution in [0.3, 0.4) is 0 Å². The van der Waals surface area contributed by atoms with E-state index in [0.29, 0.717) is 12.4 Å². The maximum Gasteiger partial charge on any atom is 0.349 e. The van der Waals surface area contributed by atoms with E-state index in [2.05, 4.69) is 5.16 Å². The molecule has 6 heteroatoms. The van der Waals surface area contributed by atoms with Gasteiger partial charge in [-0.2, -0.15) is 0 Å². The van der Waals surface area contributed by atoms with Crippen LogP contribution in [0.5, 0.6) is 5.75 Å². The van der Waals surface area contributed by atoms with Crippen molar-refractivity contribution >= 4 is 23.0 Å². The average molecular weight is 347 g/mol. The van der Waals surface area contributed by atoms with Gasteiger partial charge in [-0.25, -0.2) is 4.79 Å². The first-order chi connectivity index (χ1) is 11.5. The van der Waals surface area contributed by atoms with Gasteiger partial charge in [0.15, 0.2) is 5.60 Å². The molecule has 1 aromatic carbocycles. The monoisotopic (exact) mass is 347 g/mol. The molecule has 0 saturated heterocycles. The number of benzene rings is 1. The van der Waals surface area contributed by atoms with Crippen molar-refractivity contribution in [2.75, 3.05) is 13.7 Å². The SMILES string of the molecule is CCOC(=O)C(C)(C)Oc1ccc(C(=NOC)c2cccs2)cc1. The van der Waals surface area contributed by atoms with Crippen LogP contribution in [-0.4, -0.2) is 31.0 Å². The van der Waals surface area contributed by atoms with Crippen molar-refractivity contribution in [2.24, 2.45) is 5.16 Å². The van der Waals surface area contributed by atoms with E-state index < -0.39 is 11.6 Å². The molecule has 0 spiro atoms. The van der Waals surface area contributed by atoms with Gasteiger partial charge in [0, 0.05) is 5.56 Å². The van der Waals surface area contributed by atoms with E-state index in [1.807, 2.05) is 29.6 Å². The fraction of sp³-hybridized carbons (Fsp3) is 0.333. The highest BCUT2D eigenvalue weighted by molar-refractivity contribution is 7.12. The van der Waals surface area contributed by atoms with Crippen LogP contribution in [0.25, 0.3) is 0 Å². The van der Waals surface area contributed by atoms with Crippen molar-refractivity contribution < 1.29 is 19.1 Å². The van der Waals surface area contributed by atoms with Gasteiger partial charge in [0.05, 0.1) is 11.5 Å². The Morgan fingerprint density at radius 1 is 1.21 bits per heavy atom. The lowest BCUT2D eigenvalue weighted by atomic mass is 10.1. The number of oxime groups is 1.